The van der Waals surface area contributed by atoms with Crippen molar-refractivity contribution in [1.82, 2.24) is 24.7 Å². The van der Waals surface area contributed by atoms with Crippen LogP contribution in [0.2, 0.25) is 0 Å². The van der Waals surface area contributed by atoms with E-state index in [9.17, 15) is 0 Å². The van der Waals surface area contributed by atoms with Gasteiger partial charge in [-0.15, -0.1) is 0 Å². The topological polar surface area (TPSA) is 68.6 Å². The summed E-state index contributed by atoms with van der Waals surface area (Å²) in [6, 6.07) is 12.0. The number of hydrogen-bond acceptors (Lipinski definition) is 4. The second-order valence-electron chi connectivity index (χ2n) is 5.89. The Labute approximate surface area is 138 Å². The van der Waals surface area contributed by atoms with Gasteiger partial charge in [-0.1, -0.05) is 6.07 Å². The van der Waals surface area contributed by atoms with Crippen LogP contribution in [-0.2, 0) is 13.5 Å². The number of ether oxygens (including phenoxy) is 1. The lowest BCUT2D eigenvalue weighted by Gasteiger charge is -2.01. The minimum atomic E-state index is 0.757. The fraction of sp³-hybridized carbons (Fsp3) is 0.167. The van der Waals surface area contributed by atoms with Gasteiger partial charge >= 0.3 is 0 Å². The van der Waals surface area contributed by atoms with Gasteiger partial charge in [0, 0.05) is 25.2 Å². The smallest absolute Gasteiger partial charge is 0.177 e. The van der Waals surface area contributed by atoms with E-state index in [1.165, 1.54) is 5.56 Å². The van der Waals surface area contributed by atoms with E-state index in [1.807, 2.05) is 37.4 Å². The van der Waals surface area contributed by atoms with Crippen LogP contribution in [0.5, 0.6) is 5.75 Å². The molecule has 5 rings (SSSR count). The summed E-state index contributed by atoms with van der Waals surface area (Å²) in [5.74, 6) is 1.82. The Kier molecular flexibility index (Phi) is 2.73. The number of pyridine rings is 1. The van der Waals surface area contributed by atoms with E-state index in [4.69, 9.17) is 9.72 Å². The first-order chi connectivity index (χ1) is 11.8. The summed E-state index contributed by atoms with van der Waals surface area (Å²) < 4.78 is 7.36. The predicted molar refractivity (Wildman–Crippen MR) is 90.7 cm³/mol. The van der Waals surface area contributed by atoms with Crippen LogP contribution in [0.15, 0.2) is 42.6 Å². The SMILES string of the molecule is Cn1nc(-c2ccccn2)c2[nH]c(-c3ccc4c(c3)CCO4)nc21. The minimum Gasteiger partial charge on any atom is -0.493 e. The van der Waals surface area contributed by atoms with Crippen molar-refractivity contribution in [2.24, 2.45) is 7.05 Å². The molecule has 0 saturated heterocycles. The second kappa shape index (κ2) is 4.92. The summed E-state index contributed by atoms with van der Waals surface area (Å²) >= 11 is 0. The standard InChI is InChI=1S/C18H15N5O/c1-23-18-16(15(22-23)13-4-2-3-8-19-13)20-17(21-18)12-5-6-14-11(10-12)7-9-24-14/h2-6,8,10H,7,9H2,1H3,(H,20,21). The van der Waals surface area contributed by atoms with Crippen molar-refractivity contribution in [1.29, 1.82) is 0 Å². The molecule has 0 radical (unpaired) electrons. The molecular weight excluding hydrogens is 302 g/mol. The lowest BCUT2D eigenvalue weighted by Crippen LogP contribution is -1.93. The summed E-state index contributed by atoms with van der Waals surface area (Å²) in [6.45, 7) is 0.757. The zero-order valence-corrected chi connectivity index (χ0v) is 13.2. The third-order valence-corrected chi connectivity index (χ3v) is 4.35. The number of nitrogens with one attached hydrogen (secondary N) is 1. The maximum Gasteiger partial charge on any atom is 0.177 e. The lowest BCUT2D eigenvalue weighted by atomic mass is 10.1. The van der Waals surface area contributed by atoms with Gasteiger partial charge < -0.3 is 9.72 Å². The van der Waals surface area contributed by atoms with Crippen molar-refractivity contribution >= 4 is 11.2 Å². The zero-order chi connectivity index (χ0) is 16.1. The van der Waals surface area contributed by atoms with E-state index >= 15 is 0 Å². The summed E-state index contributed by atoms with van der Waals surface area (Å²) in [7, 11) is 1.90. The van der Waals surface area contributed by atoms with Crippen LogP contribution in [0.3, 0.4) is 0 Å². The molecule has 0 aliphatic carbocycles. The van der Waals surface area contributed by atoms with Gasteiger partial charge in [-0.05, 0) is 35.9 Å². The van der Waals surface area contributed by atoms with Crippen LogP contribution in [0.4, 0.5) is 0 Å². The highest BCUT2D eigenvalue weighted by Gasteiger charge is 2.18. The molecule has 0 bridgehead atoms. The molecule has 1 aliphatic rings. The molecule has 6 heteroatoms. The minimum absolute atomic E-state index is 0.757. The molecular formula is C18H15N5O. The average Bonchev–Trinajstić information content (AvgIpc) is 3.31. The number of nitrogens with zero attached hydrogens (tertiary/aromatic N) is 4. The average molecular weight is 317 g/mol. The Morgan fingerprint density at radius 2 is 2.17 bits per heavy atom. The van der Waals surface area contributed by atoms with Crippen LogP contribution in [0.25, 0.3) is 33.9 Å². The van der Waals surface area contributed by atoms with Crippen molar-refractivity contribution in [2.45, 2.75) is 6.42 Å². The van der Waals surface area contributed by atoms with Gasteiger partial charge in [0.15, 0.2) is 5.65 Å². The molecule has 0 spiro atoms. The van der Waals surface area contributed by atoms with Gasteiger partial charge in [-0.3, -0.25) is 4.98 Å². The van der Waals surface area contributed by atoms with E-state index in [1.54, 1.807) is 10.9 Å². The third-order valence-electron chi connectivity index (χ3n) is 4.35. The second-order valence-corrected chi connectivity index (χ2v) is 5.89. The number of aromatic amines is 1. The number of benzene rings is 1. The molecule has 1 aliphatic heterocycles. The number of rotatable bonds is 2. The van der Waals surface area contributed by atoms with Gasteiger partial charge in [0.25, 0.3) is 0 Å². The maximum absolute atomic E-state index is 5.58. The molecule has 4 heterocycles. The van der Waals surface area contributed by atoms with E-state index in [0.29, 0.717) is 0 Å². The number of fused-ring (bicyclic) bond motifs is 2. The largest absolute Gasteiger partial charge is 0.493 e. The highest BCUT2D eigenvalue weighted by Crippen LogP contribution is 2.32. The normalized spacial score (nSPS) is 13.2. The third kappa shape index (κ3) is 1.93. The predicted octanol–water partition coefficient (Wildman–Crippen LogP) is 2.96. The van der Waals surface area contributed by atoms with E-state index < -0.39 is 0 Å². The molecule has 3 aromatic heterocycles. The highest BCUT2D eigenvalue weighted by atomic mass is 16.5. The van der Waals surface area contributed by atoms with E-state index in [0.717, 1.165) is 52.7 Å². The monoisotopic (exact) mass is 317 g/mol. The molecule has 1 aromatic carbocycles. The molecule has 0 atom stereocenters. The quantitative estimate of drug-likeness (QED) is 0.617. The van der Waals surface area contributed by atoms with Crippen LogP contribution >= 0.6 is 0 Å². The Balaban J connectivity index is 1.66. The first-order valence-corrected chi connectivity index (χ1v) is 7.90. The molecule has 118 valence electrons. The summed E-state index contributed by atoms with van der Waals surface area (Å²) in [4.78, 5) is 12.5. The van der Waals surface area contributed by atoms with Crippen molar-refractivity contribution < 1.29 is 4.74 Å². The summed E-state index contributed by atoms with van der Waals surface area (Å²) in [5.41, 5.74) is 5.67. The maximum atomic E-state index is 5.58. The van der Waals surface area contributed by atoms with Crippen LogP contribution in [-0.4, -0.2) is 31.3 Å². The van der Waals surface area contributed by atoms with Gasteiger partial charge in [0.05, 0.1) is 12.3 Å². The van der Waals surface area contributed by atoms with Crippen LogP contribution in [0.1, 0.15) is 5.56 Å². The molecule has 0 fully saturated rings. The molecule has 4 aromatic rings. The van der Waals surface area contributed by atoms with Gasteiger partial charge in [0.2, 0.25) is 0 Å². The lowest BCUT2D eigenvalue weighted by molar-refractivity contribution is 0.357. The van der Waals surface area contributed by atoms with Gasteiger partial charge in [0.1, 0.15) is 22.8 Å². The van der Waals surface area contributed by atoms with Crippen molar-refractivity contribution in [3.8, 4) is 28.5 Å². The number of H-pyrrole nitrogens is 1. The first-order valence-electron chi connectivity index (χ1n) is 7.90. The molecule has 0 amide bonds. The Bertz CT molecular complexity index is 1050. The Morgan fingerprint density at radius 3 is 3.04 bits per heavy atom. The molecule has 0 unspecified atom stereocenters. The van der Waals surface area contributed by atoms with Crippen molar-refractivity contribution in [3.63, 3.8) is 0 Å². The first kappa shape index (κ1) is 13.3. The Hall–Kier alpha value is -3.15. The van der Waals surface area contributed by atoms with Crippen LogP contribution < -0.4 is 4.74 Å². The number of hydrogen-bond donors (Lipinski definition) is 1. The number of aromatic nitrogens is 5. The zero-order valence-electron chi connectivity index (χ0n) is 13.2. The fourth-order valence-electron chi connectivity index (χ4n) is 3.16. The summed E-state index contributed by atoms with van der Waals surface area (Å²) in [6.07, 6.45) is 2.72. The van der Waals surface area contributed by atoms with Crippen molar-refractivity contribution in [3.05, 3.63) is 48.2 Å². The van der Waals surface area contributed by atoms with Crippen molar-refractivity contribution in [2.75, 3.05) is 6.61 Å². The van der Waals surface area contributed by atoms with E-state index in [-0.39, 0.29) is 0 Å². The fourth-order valence-corrected chi connectivity index (χ4v) is 3.16. The van der Waals surface area contributed by atoms with Gasteiger partial charge in [-0.2, -0.15) is 5.10 Å². The van der Waals surface area contributed by atoms with E-state index in [2.05, 4.69) is 21.1 Å². The number of imidazole rings is 1. The molecule has 6 nitrogen and oxygen atoms in total. The molecule has 24 heavy (non-hydrogen) atoms. The number of aryl methyl sites for hydroxylation is 1. The Morgan fingerprint density at radius 1 is 1.21 bits per heavy atom. The summed E-state index contributed by atoms with van der Waals surface area (Å²) in [5, 5.41) is 4.55. The van der Waals surface area contributed by atoms with Crippen LogP contribution in [0, 0.1) is 0 Å². The van der Waals surface area contributed by atoms with Gasteiger partial charge in [-0.25, -0.2) is 9.67 Å². The molecule has 0 saturated carbocycles. The molecule has 1 N–H and O–H groups in total. The highest BCUT2D eigenvalue weighted by molar-refractivity contribution is 5.89.